The maximum atomic E-state index is 11.5. The standard InChI is InChI=1S/C29H32N2O3Si/c1-29(2,3)35(23-15-9-5-10-16-23,24-17-11-6-12-18-24)34-20-19-25(22-13-7-4-8-14-22)26-21-27(28(32)33)31-30-26/h4-18,21,25H,19-20H2,1-3H3,(H,30,31)(H,32,33). The molecule has 0 bridgehead atoms. The number of benzene rings is 3. The van der Waals surface area contributed by atoms with Crippen LogP contribution in [0.25, 0.3) is 0 Å². The molecule has 0 saturated heterocycles. The Labute approximate surface area is 207 Å². The molecule has 0 amide bonds. The average Bonchev–Trinajstić information content (AvgIpc) is 3.35. The van der Waals surface area contributed by atoms with Crippen LogP contribution in [0, 0.1) is 0 Å². The predicted octanol–water partition coefficient (Wildman–Crippen LogP) is 5.21. The zero-order chi connectivity index (χ0) is 24.9. The number of hydrogen-bond donors (Lipinski definition) is 2. The Morgan fingerprint density at radius 1 is 0.914 bits per heavy atom. The Morgan fingerprint density at radius 2 is 1.43 bits per heavy atom. The summed E-state index contributed by atoms with van der Waals surface area (Å²) in [4.78, 5) is 11.5. The van der Waals surface area contributed by atoms with Gasteiger partial charge in [-0.2, -0.15) is 5.10 Å². The van der Waals surface area contributed by atoms with E-state index in [2.05, 4.69) is 91.6 Å². The van der Waals surface area contributed by atoms with Gasteiger partial charge in [-0.25, -0.2) is 4.79 Å². The molecule has 0 spiro atoms. The first kappa shape index (κ1) is 24.6. The van der Waals surface area contributed by atoms with E-state index in [1.54, 1.807) is 6.07 Å². The van der Waals surface area contributed by atoms with Gasteiger partial charge in [0.15, 0.2) is 0 Å². The topological polar surface area (TPSA) is 75.2 Å². The predicted molar refractivity (Wildman–Crippen MR) is 142 cm³/mol. The molecule has 6 heteroatoms. The molecule has 0 saturated carbocycles. The molecule has 1 unspecified atom stereocenters. The Morgan fingerprint density at radius 3 is 1.89 bits per heavy atom. The van der Waals surface area contributed by atoms with Crippen LogP contribution in [0.1, 0.15) is 54.9 Å². The number of hydrogen-bond acceptors (Lipinski definition) is 3. The van der Waals surface area contributed by atoms with Gasteiger partial charge >= 0.3 is 5.97 Å². The van der Waals surface area contributed by atoms with Crippen LogP contribution < -0.4 is 10.4 Å². The second kappa shape index (κ2) is 10.4. The van der Waals surface area contributed by atoms with Gasteiger partial charge in [0.05, 0.1) is 5.69 Å². The van der Waals surface area contributed by atoms with E-state index in [1.165, 1.54) is 10.4 Å². The summed E-state index contributed by atoms with van der Waals surface area (Å²) in [6.07, 6.45) is 0.679. The van der Waals surface area contributed by atoms with Gasteiger partial charge in [0, 0.05) is 12.5 Å². The Bertz CT molecular complexity index is 1200. The van der Waals surface area contributed by atoms with Crippen molar-refractivity contribution in [3.63, 3.8) is 0 Å². The molecule has 1 heterocycles. The smallest absolute Gasteiger partial charge is 0.353 e. The van der Waals surface area contributed by atoms with Crippen molar-refractivity contribution in [2.75, 3.05) is 6.61 Å². The molecule has 1 atom stereocenters. The average molecular weight is 485 g/mol. The molecule has 0 fully saturated rings. The zero-order valence-corrected chi connectivity index (χ0v) is 21.4. The highest BCUT2D eigenvalue weighted by atomic mass is 28.4. The molecule has 0 aliphatic carbocycles. The van der Waals surface area contributed by atoms with Gasteiger partial charge < -0.3 is 9.53 Å². The van der Waals surface area contributed by atoms with Crippen molar-refractivity contribution in [3.05, 3.63) is 114 Å². The number of H-pyrrole nitrogens is 1. The molecule has 5 nitrogen and oxygen atoms in total. The number of carboxylic acids is 1. The van der Waals surface area contributed by atoms with E-state index in [-0.39, 0.29) is 16.7 Å². The van der Waals surface area contributed by atoms with Crippen LogP contribution in [-0.2, 0) is 4.43 Å². The fourth-order valence-electron chi connectivity index (χ4n) is 4.89. The van der Waals surface area contributed by atoms with Crippen LogP contribution in [0.3, 0.4) is 0 Å². The highest BCUT2D eigenvalue weighted by Gasteiger charge is 2.50. The lowest BCUT2D eigenvalue weighted by Crippen LogP contribution is -2.66. The van der Waals surface area contributed by atoms with E-state index in [4.69, 9.17) is 4.43 Å². The molecular weight excluding hydrogens is 452 g/mol. The summed E-state index contributed by atoms with van der Waals surface area (Å²) in [7, 11) is -2.65. The van der Waals surface area contributed by atoms with E-state index in [9.17, 15) is 9.90 Å². The molecule has 0 aliphatic heterocycles. The van der Waals surface area contributed by atoms with Crippen LogP contribution in [0.15, 0.2) is 97.1 Å². The third-order valence-corrected chi connectivity index (χ3v) is 11.6. The van der Waals surface area contributed by atoms with Crippen LogP contribution in [-0.4, -0.2) is 36.2 Å². The van der Waals surface area contributed by atoms with Gasteiger partial charge in [0.25, 0.3) is 8.32 Å². The normalized spacial score (nSPS) is 12.9. The number of nitrogens with one attached hydrogen (secondary N) is 1. The fourth-order valence-corrected chi connectivity index (χ4v) is 9.47. The quantitative estimate of drug-likeness (QED) is 0.320. The first-order valence-electron chi connectivity index (χ1n) is 11.9. The van der Waals surface area contributed by atoms with Gasteiger partial charge in [0.2, 0.25) is 0 Å². The van der Waals surface area contributed by atoms with Crippen molar-refractivity contribution in [2.45, 2.75) is 38.1 Å². The van der Waals surface area contributed by atoms with E-state index < -0.39 is 14.3 Å². The first-order valence-corrected chi connectivity index (χ1v) is 13.8. The van der Waals surface area contributed by atoms with E-state index in [0.29, 0.717) is 18.7 Å². The number of carbonyl (C=O) groups is 1. The summed E-state index contributed by atoms with van der Waals surface area (Å²) in [5.74, 6) is -1.10. The number of aromatic amines is 1. The fraction of sp³-hybridized carbons (Fsp3) is 0.241. The minimum atomic E-state index is -2.65. The van der Waals surface area contributed by atoms with Gasteiger partial charge in [-0.15, -0.1) is 0 Å². The summed E-state index contributed by atoms with van der Waals surface area (Å²) in [5.41, 5.74) is 1.88. The van der Waals surface area contributed by atoms with Gasteiger partial charge in [-0.3, -0.25) is 5.10 Å². The van der Waals surface area contributed by atoms with Crippen molar-refractivity contribution in [1.82, 2.24) is 10.2 Å². The number of aromatic carboxylic acids is 1. The van der Waals surface area contributed by atoms with Crippen molar-refractivity contribution in [3.8, 4) is 0 Å². The van der Waals surface area contributed by atoms with Gasteiger partial charge in [-0.1, -0.05) is 112 Å². The van der Waals surface area contributed by atoms with Crippen LogP contribution in [0.5, 0.6) is 0 Å². The first-order chi connectivity index (χ1) is 16.8. The van der Waals surface area contributed by atoms with Gasteiger partial charge in [-0.05, 0) is 33.5 Å². The highest BCUT2D eigenvalue weighted by Crippen LogP contribution is 2.37. The monoisotopic (exact) mass is 484 g/mol. The lowest BCUT2D eigenvalue weighted by atomic mass is 9.93. The summed E-state index contributed by atoms with van der Waals surface area (Å²) >= 11 is 0. The Hall–Kier alpha value is -3.48. The largest absolute Gasteiger partial charge is 0.477 e. The second-order valence-electron chi connectivity index (χ2n) is 9.78. The summed E-state index contributed by atoms with van der Waals surface area (Å²) in [6.45, 7) is 7.31. The molecule has 3 aromatic carbocycles. The minimum Gasteiger partial charge on any atom is -0.477 e. The molecule has 0 aliphatic rings. The van der Waals surface area contributed by atoms with Crippen molar-refractivity contribution in [1.29, 1.82) is 0 Å². The van der Waals surface area contributed by atoms with Crippen LogP contribution in [0.4, 0.5) is 0 Å². The summed E-state index contributed by atoms with van der Waals surface area (Å²) in [5, 5.41) is 18.8. The van der Waals surface area contributed by atoms with Crippen LogP contribution >= 0.6 is 0 Å². The third kappa shape index (κ3) is 5.14. The Balaban J connectivity index is 1.70. The van der Waals surface area contributed by atoms with Crippen molar-refractivity contribution in [2.24, 2.45) is 0 Å². The zero-order valence-electron chi connectivity index (χ0n) is 20.4. The van der Waals surface area contributed by atoms with E-state index in [1.807, 2.05) is 30.3 Å². The molecule has 1 aromatic heterocycles. The van der Waals surface area contributed by atoms with Crippen molar-refractivity contribution < 1.29 is 14.3 Å². The second-order valence-corrected chi connectivity index (χ2v) is 14.1. The molecule has 35 heavy (non-hydrogen) atoms. The number of rotatable bonds is 9. The molecule has 2 N–H and O–H groups in total. The summed E-state index contributed by atoms with van der Waals surface area (Å²) in [6, 6.07) is 32.9. The van der Waals surface area contributed by atoms with Crippen LogP contribution in [0.2, 0.25) is 5.04 Å². The molecule has 4 aromatic rings. The maximum absolute atomic E-state index is 11.5. The molecule has 4 rings (SSSR count). The lowest BCUT2D eigenvalue weighted by molar-refractivity contribution is 0.0690. The third-order valence-electron chi connectivity index (χ3n) is 6.53. The molecular formula is C29H32N2O3Si. The molecule has 0 radical (unpaired) electrons. The number of carboxylic acid groups (broad SMARTS) is 1. The Kier molecular flexibility index (Phi) is 7.33. The highest BCUT2D eigenvalue weighted by molar-refractivity contribution is 6.99. The minimum absolute atomic E-state index is 0.0845. The van der Waals surface area contributed by atoms with E-state index in [0.717, 1.165) is 5.56 Å². The SMILES string of the molecule is CC(C)(C)[Si](OCCC(c1ccccc1)c1cc(C(=O)O)[nH]n1)(c1ccccc1)c1ccccc1. The van der Waals surface area contributed by atoms with Gasteiger partial charge in [0.1, 0.15) is 5.69 Å². The lowest BCUT2D eigenvalue weighted by Gasteiger charge is -2.43. The van der Waals surface area contributed by atoms with Crippen molar-refractivity contribution >= 4 is 24.7 Å². The maximum Gasteiger partial charge on any atom is 0.353 e. The molecule has 180 valence electrons. The summed E-state index contributed by atoms with van der Waals surface area (Å²) < 4.78 is 7.08. The number of aromatic nitrogens is 2. The van der Waals surface area contributed by atoms with E-state index >= 15 is 0 Å². The number of nitrogens with zero attached hydrogens (tertiary/aromatic N) is 1.